The second kappa shape index (κ2) is 6.24. The Hall–Kier alpha value is -1.59. The molecule has 1 rings (SSSR count). The minimum atomic E-state index is -4.15. The molecule has 0 saturated heterocycles. The Morgan fingerprint density at radius 1 is 1.20 bits per heavy atom. The molecule has 0 spiro atoms. The highest BCUT2D eigenvalue weighted by atomic mass is 32.2. The van der Waals surface area contributed by atoms with Gasteiger partial charge in [-0.3, -0.25) is 4.55 Å². The number of allylic oxidation sites excluding steroid dienone is 2. The van der Waals surface area contributed by atoms with Crippen LogP contribution < -0.4 is 5.32 Å². The summed E-state index contributed by atoms with van der Waals surface area (Å²) in [4.78, 5) is -0.116. The van der Waals surface area contributed by atoms with Gasteiger partial charge in [-0.15, -0.1) is 0 Å². The number of hydrogen-bond donors (Lipinski definition) is 2. The van der Waals surface area contributed by atoms with Crippen molar-refractivity contribution in [2.24, 2.45) is 5.92 Å². The summed E-state index contributed by atoms with van der Waals surface area (Å²) in [5.74, 6) is 0.182. The fraction of sp³-hybridized carbons (Fsp3) is 0.333. The Balaban J connectivity index is 3.03. The second-order valence-electron chi connectivity index (χ2n) is 5.11. The van der Waals surface area contributed by atoms with Crippen molar-refractivity contribution in [3.63, 3.8) is 0 Å². The SMILES string of the molecule is C=C(C)C(C)C(Nc1ccc(S(=O)(=O)O)cc1)=C(C)C. The molecular formula is C15H21NO3S. The third-order valence-electron chi connectivity index (χ3n) is 3.14. The van der Waals surface area contributed by atoms with Crippen LogP contribution >= 0.6 is 0 Å². The highest BCUT2D eigenvalue weighted by Gasteiger charge is 2.13. The monoisotopic (exact) mass is 295 g/mol. The molecule has 0 aliphatic carbocycles. The van der Waals surface area contributed by atoms with Gasteiger partial charge in [-0.1, -0.05) is 24.6 Å². The van der Waals surface area contributed by atoms with E-state index < -0.39 is 10.1 Å². The van der Waals surface area contributed by atoms with E-state index in [2.05, 4.69) is 18.8 Å². The van der Waals surface area contributed by atoms with Crippen LogP contribution in [0.4, 0.5) is 5.69 Å². The summed E-state index contributed by atoms with van der Waals surface area (Å²) in [6.45, 7) is 12.0. The minimum Gasteiger partial charge on any atom is -0.358 e. The van der Waals surface area contributed by atoms with Gasteiger partial charge in [0.15, 0.2) is 0 Å². The average Bonchev–Trinajstić information content (AvgIpc) is 2.34. The van der Waals surface area contributed by atoms with Crippen LogP contribution in [0.25, 0.3) is 0 Å². The van der Waals surface area contributed by atoms with E-state index in [1.807, 2.05) is 20.8 Å². The quantitative estimate of drug-likeness (QED) is 0.639. The van der Waals surface area contributed by atoms with Gasteiger partial charge in [0.2, 0.25) is 0 Å². The fourth-order valence-electron chi connectivity index (χ4n) is 1.78. The topological polar surface area (TPSA) is 66.4 Å². The lowest BCUT2D eigenvalue weighted by atomic mass is 9.97. The summed E-state index contributed by atoms with van der Waals surface area (Å²) in [6, 6.07) is 5.98. The molecule has 110 valence electrons. The molecule has 0 saturated carbocycles. The van der Waals surface area contributed by atoms with Crippen LogP contribution in [0.1, 0.15) is 27.7 Å². The molecule has 1 aromatic rings. The Morgan fingerprint density at radius 2 is 1.70 bits per heavy atom. The van der Waals surface area contributed by atoms with Gasteiger partial charge in [0.05, 0.1) is 4.90 Å². The zero-order valence-electron chi connectivity index (χ0n) is 12.3. The molecule has 0 fully saturated rings. The van der Waals surface area contributed by atoms with Crippen molar-refractivity contribution in [2.75, 3.05) is 5.32 Å². The molecule has 0 aliphatic heterocycles. The van der Waals surface area contributed by atoms with Crippen LogP contribution in [-0.4, -0.2) is 13.0 Å². The first-order chi connectivity index (χ1) is 9.12. The van der Waals surface area contributed by atoms with Gasteiger partial charge in [0.25, 0.3) is 10.1 Å². The van der Waals surface area contributed by atoms with E-state index in [1.165, 1.54) is 12.1 Å². The first kappa shape index (κ1) is 16.5. The highest BCUT2D eigenvalue weighted by Crippen LogP contribution is 2.24. The van der Waals surface area contributed by atoms with E-state index in [0.717, 1.165) is 22.5 Å². The van der Waals surface area contributed by atoms with E-state index in [-0.39, 0.29) is 10.8 Å². The fourth-order valence-corrected chi connectivity index (χ4v) is 2.26. The summed E-state index contributed by atoms with van der Waals surface area (Å²) in [6.07, 6.45) is 0. The maximum absolute atomic E-state index is 11.0. The van der Waals surface area contributed by atoms with Crippen molar-refractivity contribution in [2.45, 2.75) is 32.6 Å². The van der Waals surface area contributed by atoms with Crippen molar-refractivity contribution in [3.8, 4) is 0 Å². The Bertz CT molecular complexity index is 624. The Morgan fingerprint density at radius 3 is 2.05 bits per heavy atom. The number of benzene rings is 1. The van der Waals surface area contributed by atoms with Crippen LogP contribution in [0.5, 0.6) is 0 Å². The van der Waals surface area contributed by atoms with Gasteiger partial charge < -0.3 is 5.32 Å². The molecule has 5 heteroatoms. The predicted octanol–water partition coefficient (Wildman–Crippen LogP) is 3.85. The lowest BCUT2D eigenvalue weighted by molar-refractivity contribution is 0.483. The Kier molecular flexibility index (Phi) is 5.14. The molecule has 0 aliphatic rings. The summed E-state index contributed by atoms with van der Waals surface area (Å²) in [7, 11) is -4.15. The second-order valence-corrected chi connectivity index (χ2v) is 6.53. The maximum Gasteiger partial charge on any atom is 0.294 e. The van der Waals surface area contributed by atoms with Gasteiger partial charge in [-0.05, 0) is 45.0 Å². The van der Waals surface area contributed by atoms with Crippen molar-refractivity contribution in [1.82, 2.24) is 0 Å². The van der Waals surface area contributed by atoms with E-state index in [0.29, 0.717) is 0 Å². The molecule has 1 atom stereocenters. The summed E-state index contributed by atoms with van der Waals surface area (Å²) >= 11 is 0. The van der Waals surface area contributed by atoms with E-state index in [4.69, 9.17) is 4.55 Å². The predicted molar refractivity (Wildman–Crippen MR) is 82.2 cm³/mol. The minimum absolute atomic E-state index is 0.116. The van der Waals surface area contributed by atoms with Gasteiger partial charge in [0, 0.05) is 17.3 Å². The zero-order valence-corrected chi connectivity index (χ0v) is 13.1. The van der Waals surface area contributed by atoms with Crippen LogP contribution in [0.2, 0.25) is 0 Å². The molecule has 0 amide bonds. The van der Waals surface area contributed by atoms with Gasteiger partial charge in [-0.2, -0.15) is 8.42 Å². The van der Waals surface area contributed by atoms with Crippen molar-refractivity contribution >= 4 is 15.8 Å². The van der Waals surface area contributed by atoms with E-state index in [1.54, 1.807) is 12.1 Å². The van der Waals surface area contributed by atoms with Crippen molar-refractivity contribution in [3.05, 3.63) is 47.7 Å². The summed E-state index contributed by atoms with van der Waals surface area (Å²) in [5.41, 5.74) is 3.99. The molecule has 4 nitrogen and oxygen atoms in total. The molecule has 0 bridgehead atoms. The first-order valence-corrected chi connectivity index (χ1v) is 7.74. The maximum atomic E-state index is 11.0. The molecule has 0 radical (unpaired) electrons. The lowest BCUT2D eigenvalue weighted by Gasteiger charge is -2.20. The summed E-state index contributed by atoms with van der Waals surface area (Å²) in [5, 5.41) is 3.28. The van der Waals surface area contributed by atoms with Gasteiger partial charge >= 0.3 is 0 Å². The number of rotatable bonds is 5. The van der Waals surface area contributed by atoms with Crippen LogP contribution in [0.3, 0.4) is 0 Å². The smallest absolute Gasteiger partial charge is 0.294 e. The van der Waals surface area contributed by atoms with Gasteiger partial charge in [-0.25, -0.2) is 0 Å². The molecule has 1 unspecified atom stereocenters. The van der Waals surface area contributed by atoms with Crippen LogP contribution in [0, 0.1) is 5.92 Å². The largest absolute Gasteiger partial charge is 0.358 e. The van der Waals surface area contributed by atoms with E-state index in [9.17, 15) is 8.42 Å². The average molecular weight is 295 g/mol. The third-order valence-corrected chi connectivity index (χ3v) is 4.01. The number of nitrogens with one attached hydrogen (secondary N) is 1. The highest BCUT2D eigenvalue weighted by molar-refractivity contribution is 7.85. The van der Waals surface area contributed by atoms with Crippen molar-refractivity contribution < 1.29 is 13.0 Å². The first-order valence-electron chi connectivity index (χ1n) is 6.30. The Labute approximate surface area is 121 Å². The zero-order chi connectivity index (χ0) is 15.5. The van der Waals surface area contributed by atoms with Crippen LogP contribution in [0.15, 0.2) is 52.6 Å². The lowest BCUT2D eigenvalue weighted by Crippen LogP contribution is -2.11. The van der Waals surface area contributed by atoms with Gasteiger partial charge in [0.1, 0.15) is 0 Å². The third kappa shape index (κ3) is 4.21. The van der Waals surface area contributed by atoms with Crippen molar-refractivity contribution in [1.29, 1.82) is 0 Å². The number of hydrogen-bond acceptors (Lipinski definition) is 3. The standard InChI is InChI=1S/C15H21NO3S/c1-10(2)12(5)15(11(3)4)16-13-6-8-14(9-7-13)20(17,18)19/h6-9,12,16H,1H2,2-5H3,(H,17,18,19). The molecule has 2 N–H and O–H groups in total. The molecular weight excluding hydrogens is 274 g/mol. The van der Waals surface area contributed by atoms with E-state index >= 15 is 0 Å². The van der Waals surface area contributed by atoms with Crippen LogP contribution in [-0.2, 0) is 10.1 Å². The molecule has 0 heterocycles. The molecule has 20 heavy (non-hydrogen) atoms. The number of anilines is 1. The molecule has 0 aromatic heterocycles. The summed E-state index contributed by atoms with van der Waals surface area (Å²) < 4.78 is 30.9. The normalized spacial score (nSPS) is 12.7. The molecule has 1 aromatic carbocycles.